The first-order valence-corrected chi connectivity index (χ1v) is 5.98. The van der Waals surface area contributed by atoms with E-state index in [0.717, 1.165) is 0 Å². The van der Waals surface area contributed by atoms with Gasteiger partial charge < -0.3 is 0 Å². The van der Waals surface area contributed by atoms with Crippen molar-refractivity contribution in [2.45, 2.75) is 66.7 Å². The molecule has 0 amide bonds. The highest BCUT2D eigenvalue weighted by atomic mass is 14.3. The molecule has 1 atom stereocenters. The molecular weight excluding hydrogens is 168 g/mol. The lowest BCUT2D eigenvalue weighted by atomic mass is 9.78. The Morgan fingerprint density at radius 1 is 1.14 bits per heavy atom. The van der Waals surface area contributed by atoms with Crippen LogP contribution in [-0.4, -0.2) is 0 Å². The highest BCUT2D eigenvalue weighted by molar-refractivity contribution is 5.08. The first kappa shape index (κ1) is 13.6. The molecular formula is C14H26. The number of rotatable bonds is 6. The lowest BCUT2D eigenvalue weighted by molar-refractivity contribution is 0.294. The van der Waals surface area contributed by atoms with Gasteiger partial charge in [0.1, 0.15) is 0 Å². The van der Waals surface area contributed by atoms with E-state index in [9.17, 15) is 0 Å². The second-order valence-corrected chi connectivity index (χ2v) is 4.85. The fourth-order valence-corrected chi connectivity index (χ4v) is 1.68. The average Bonchev–Trinajstić information content (AvgIpc) is 2.12. The summed E-state index contributed by atoms with van der Waals surface area (Å²) in [6.45, 7) is 11.0. The van der Waals surface area contributed by atoms with E-state index in [4.69, 9.17) is 0 Å². The van der Waals surface area contributed by atoms with Gasteiger partial charge >= 0.3 is 0 Å². The summed E-state index contributed by atoms with van der Waals surface area (Å²) >= 11 is 0. The van der Waals surface area contributed by atoms with Gasteiger partial charge in [0.25, 0.3) is 0 Å². The van der Waals surface area contributed by atoms with Gasteiger partial charge in [-0.25, -0.2) is 0 Å². The van der Waals surface area contributed by atoms with Crippen molar-refractivity contribution in [2.75, 3.05) is 0 Å². The fraction of sp³-hybridized carbons (Fsp3) is 0.857. The maximum Gasteiger partial charge on any atom is 0.0283 e. The Kier molecular flexibility index (Phi) is 6.71. The second-order valence-electron chi connectivity index (χ2n) is 4.85. The Balaban J connectivity index is 3.81. The van der Waals surface area contributed by atoms with Crippen LogP contribution in [0, 0.1) is 23.2 Å². The summed E-state index contributed by atoms with van der Waals surface area (Å²) < 4.78 is 0. The van der Waals surface area contributed by atoms with Gasteiger partial charge in [-0.15, -0.1) is 5.92 Å². The summed E-state index contributed by atoms with van der Waals surface area (Å²) in [5.74, 6) is 7.07. The van der Waals surface area contributed by atoms with Crippen molar-refractivity contribution >= 4 is 0 Å². The molecule has 14 heavy (non-hydrogen) atoms. The van der Waals surface area contributed by atoms with E-state index in [0.29, 0.717) is 5.92 Å². The van der Waals surface area contributed by atoms with Gasteiger partial charge in [0.05, 0.1) is 0 Å². The Labute approximate surface area is 90.5 Å². The third kappa shape index (κ3) is 5.32. The van der Waals surface area contributed by atoms with Crippen LogP contribution in [0.5, 0.6) is 0 Å². The molecule has 0 spiro atoms. The van der Waals surface area contributed by atoms with Gasteiger partial charge in [-0.2, -0.15) is 0 Å². The van der Waals surface area contributed by atoms with Gasteiger partial charge in [0, 0.05) is 5.41 Å². The van der Waals surface area contributed by atoms with Gasteiger partial charge in [-0.1, -0.05) is 45.5 Å². The van der Waals surface area contributed by atoms with Crippen molar-refractivity contribution in [2.24, 2.45) is 11.3 Å². The van der Waals surface area contributed by atoms with E-state index in [1.54, 1.807) is 0 Å². The minimum Gasteiger partial charge on any atom is -0.106 e. The Bertz CT molecular complexity index is 190. The Morgan fingerprint density at radius 2 is 1.79 bits per heavy atom. The van der Waals surface area contributed by atoms with Gasteiger partial charge in [-0.3, -0.25) is 0 Å². The van der Waals surface area contributed by atoms with Crippen molar-refractivity contribution in [1.82, 2.24) is 0 Å². The largest absolute Gasteiger partial charge is 0.106 e. The summed E-state index contributed by atoms with van der Waals surface area (Å²) in [4.78, 5) is 0. The third-order valence-corrected chi connectivity index (χ3v) is 3.17. The quantitative estimate of drug-likeness (QED) is 0.427. The summed E-state index contributed by atoms with van der Waals surface area (Å²) in [7, 11) is 0. The summed E-state index contributed by atoms with van der Waals surface area (Å²) in [5.41, 5.74) is 0.195. The molecule has 0 heterocycles. The Hall–Kier alpha value is -0.440. The van der Waals surface area contributed by atoms with Crippen LogP contribution in [0.25, 0.3) is 0 Å². The van der Waals surface area contributed by atoms with E-state index in [1.807, 2.05) is 6.92 Å². The monoisotopic (exact) mass is 194 g/mol. The smallest absolute Gasteiger partial charge is 0.0283 e. The van der Waals surface area contributed by atoms with Crippen LogP contribution in [0.4, 0.5) is 0 Å². The maximum absolute atomic E-state index is 3.31. The molecule has 82 valence electrons. The van der Waals surface area contributed by atoms with E-state index < -0.39 is 0 Å². The van der Waals surface area contributed by atoms with E-state index >= 15 is 0 Å². The Morgan fingerprint density at radius 3 is 2.29 bits per heavy atom. The number of unbranched alkanes of at least 4 members (excludes halogenated alkanes) is 3. The zero-order chi connectivity index (χ0) is 11.0. The molecule has 0 aromatic heterocycles. The summed E-state index contributed by atoms with van der Waals surface area (Å²) in [5, 5.41) is 0. The molecule has 0 N–H and O–H groups in total. The minimum absolute atomic E-state index is 0.195. The standard InChI is InChI=1S/C14H26/c1-6-8-9-10-11-13(3)14(4,5)12-7-2/h13H,6,8-11H2,1-5H3. The molecule has 1 unspecified atom stereocenters. The van der Waals surface area contributed by atoms with Crippen LogP contribution < -0.4 is 0 Å². The van der Waals surface area contributed by atoms with Crippen LogP contribution in [0.1, 0.15) is 66.7 Å². The second kappa shape index (κ2) is 6.93. The summed E-state index contributed by atoms with van der Waals surface area (Å²) in [6, 6.07) is 0. The molecule has 0 saturated carbocycles. The molecule has 0 aliphatic carbocycles. The maximum atomic E-state index is 3.31. The number of hydrogen-bond donors (Lipinski definition) is 0. The zero-order valence-corrected chi connectivity index (χ0v) is 10.6. The van der Waals surface area contributed by atoms with Crippen LogP contribution in [0.2, 0.25) is 0 Å². The molecule has 0 heteroatoms. The van der Waals surface area contributed by atoms with Crippen LogP contribution >= 0.6 is 0 Å². The van der Waals surface area contributed by atoms with E-state index in [1.165, 1.54) is 32.1 Å². The zero-order valence-electron chi connectivity index (χ0n) is 10.6. The average molecular weight is 194 g/mol. The molecule has 0 nitrogen and oxygen atoms in total. The highest BCUT2D eigenvalue weighted by Crippen LogP contribution is 2.29. The van der Waals surface area contributed by atoms with E-state index in [2.05, 4.69) is 39.5 Å². The fourth-order valence-electron chi connectivity index (χ4n) is 1.68. The van der Waals surface area contributed by atoms with E-state index in [-0.39, 0.29) is 5.41 Å². The SMILES string of the molecule is CC#CC(C)(C)C(C)CCCCCC. The molecule has 0 rings (SSSR count). The lowest BCUT2D eigenvalue weighted by Gasteiger charge is -2.26. The third-order valence-electron chi connectivity index (χ3n) is 3.17. The van der Waals surface area contributed by atoms with Gasteiger partial charge in [-0.05, 0) is 33.1 Å². The predicted octanol–water partition coefficient (Wildman–Crippen LogP) is 4.64. The molecule has 0 radical (unpaired) electrons. The molecule has 0 aliphatic rings. The molecule has 0 bridgehead atoms. The normalized spacial score (nSPS) is 13.2. The topological polar surface area (TPSA) is 0 Å². The molecule has 0 aromatic rings. The summed E-state index contributed by atoms with van der Waals surface area (Å²) in [6.07, 6.45) is 6.78. The highest BCUT2D eigenvalue weighted by Gasteiger charge is 2.22. The first-order chi connectivity index (χ1) is 6.54. The van der Waals surface area contributed by atoms with Crippen LogP contribution in [0.15, 0.2) is 0 Å². The predicted molar refractivity (Wildman–Crippen MR) is 65.2 cm³/mol. The van der Waals surface area contributed by atoms with Gasteiger partial charge in [0.15, 0.2) is 0 Å². The first-order valence-electron chi connectivity index (χ1n) is 5.98. The van der Waals surface area contributed by atoms with Crippen molar-refractivity contribution in [3.05, 3.63) is 0 Å². The van der Waals surface area contributed by atoms with Gasteiger partial charge in [0.2, 0.25) is 0 Å². The van der Waals surface area contributed by atoms with Crippen LogP contribution in [-0.2, 0) is 0 Å². The van der Waals surface area contributed by atoms with Crippen molar-refractivity contribution < 1.29 is 0 Å². The number of hydrogen-bond acceptors (Lipinski definition) is 0. The lowest BCUT2D eigenvalue weighted by Crippen LogP contribution is -2.19. The van der Waals surface area contributed by atoms with Crippen molar-refractivity contribution in [3.63, 3.8) is 0 Å². The van der Waals surface area contributed by atoms with Crippen molar-refractivity contribution in [3.8, 4) is 11.8 Å². The molecule has 0 aromatic carbocycles. The molecule has 0 fully saturated rings. The minimum atomic E-state index is 0.195. The van der Waals surface area contributed by atoms with Crippen LogP contribution in [0.3, 0.4) is 0 Å². The molecule has 0 aliphatic heterocycles. The van der Waals surface area contributed by atoms with Crippen molar-refractivity contribution in [1.29, 1.82) is 0 Å². The molecule has 0 saturated heterocycles.